The van der Waals surface area contributed by atoms with Gasteiger partial charge in [-0.15, -0.1) is 0 Å². The van der Waals surface area contributed by atoms with Crippen LogP contribution in [-0.4, -0.2) is 82.5 Å². The summed E-state index contributed by atoms with van der Waals surface area (Å²) in [5, 5.41) is 10.7. The van der Waals surface area contributed by atoms with Gasteiger partial charge in [-0.3, -0.25) is 0 Å². The molecule has 1 atom stereocenters. The third-order valence-electron chi connectivity index (χ3n) is 5.91. The van der Waals surface area contributed by atoms with Crippen molar-refractivity contribution in [2.45, 2.75) is 38.0 Å². The fourth-order valence-electron chi connectivity index (χ4n) is 4.47. The normalized spacial score (nSPS) is 22.9. The smallest absolute Gasteiger partial charge is 0.106 e. The molecule has 1 aromatic carbocycles. The minimum Gasteiger partial charge on any atom is -0.390 e. The second-order valence-electron chi connectivity index (χ2n) is 7.98. The number of aliphatic hydroxyl groups excluding tert-OH is 1. The summed E-state index contributed by atoms with van der Waals surface area (Å²) in [4.78, 5) is 9.35. The first-order valence-corrected chi connectivity index (χ1v) is 9.69. The fourth-order valence-corrected chi connectivity index (χ4v) is 4.47. The van der Waals surface area contributed by atoms with Gasteiger partial charge >= 0.3 is 0 Å². The minimum atomic E-state index is -0.393. The Morgan fingerprint density at radius 3 is 2.73 bits per heavy atom. The van der Waals surface area contributed by atoms with Crippen LogP contribution in [0.15, 0.2) is 24.3 Å². The molecule has 0 saturated carbocycles. The van der Waals surface area contributed by atoms with Crippen molar-refractivity contribution in [3.05, 3.63) is 30.1 Å². The number of piperidine rings is 1. The van der Waals surface area contributed by atoms with Crippen molar-refractivity contribution in [3.8, 4) is 0 Å². The molecule has 0 aliphatic carbocycles. The molecule has 4 rings (SSSR count). The van der Waals surface area contributed by atoms with Crippen molar-refractivity contribution in [1.82, 2.24) is 19.4 Å². The van der Waals surface area contributed by atoms with Crippen LogP contribution in [0.5, 0.6) is 0 Å². The number of rotatable bonds is 4. The molecule has 142 valence electrons. The molecule has 0 radical (unpaired) electrons. The van der Waals surface area contributed by atoms with Crippen LogP contribution in [0.25, 0.3) is 11.0 Å². The highest BCUT2D eigenvalue weighted by molar-refractivity contribution is 5.75. The average molecular weight is 358 g/mol. The van der Waals surface area contributed by atoms with Gasteiger partial charge in [0.05, 0.1) is 35.9 Å². The van der Waals surface area contributed by atoms with E-state index in [1.165, 1.54) is 0 Å². The number of morpholine rings is 1. The molecule has 0 amide bonds. The number of β-amino-alcohol motifs (C(OH)–C–C–N with tert-alkyl or cyclic N) is 1. The first-order chi connectivity index (χ1) is 12.5. The number of ether oxygens (including phenoxy) is 1. The highest BCUT2D eigenvalue weighted by Crippen LogP contribution is 2.29. The molecule has 2 aliphatic heterocycles. The second-order valence-corrected chi connectivity index (χ2v) is 7.98. The van der Waals surface area contributed by atoms with E-state index in [1.807, 2.05) is 25.1 Å². The average Bonchev–Trinajstić information content (AvgIpc) is 2.93. The molecule has 2 aliphatic rings. The lowest BCUT2D eigenvalue weighted by molar-refractivity contribution is -0.132. The van der Waals surface area contributed by atoms with Gasteiger partial charge in [-0.1, -0.05) is 12.1 Å². The number of aliphatic hydroxyl groups is 1. The Morgan fingerprint density at radius 2 is 1.96 bits per heavy atom. The maximum absolute atomic E-state index is 10.7. The molecular weight excluding hydrogens is 328 g/mol. The van der Waals surface area contributed by atoms with E-state index in [9.17, 15) is 5.11 Å². The standard InChI is InChI=1S/C20H30N4O2/c1-16-21-18-5-3-4-6-19(18)24(16)14-17(25)13-23-9-7-20(8-10-23)15-22(2)11-12-26-20/h3-6,17,25H,7-15H2,1-2H3. The predicted octanol–water partition coefficient (Wildman–Crippen LogP) is 1.50. The molecule has 1 N–H and O–H groups in total. The van der Waals surface area contributed by atoms with E-state index in [0.29, 0.717) is 13.1 Å². The zero-order valence-corrected chi connectivity index (χ0v) is 15.9. The van der Waals surface area contributed by atoms with E-state index in [1.54, 1.807) is 0 Å². The van der Waals surface area contributed by atoms with Crippen molar-refractivity contribution in [3.63, 3.8) is 0 Å². The van der Waals surface area contributed by atoms with Crippen molar-refractivity contribution in [1.29, 1.82) is 0 Å². The van der Waals surface area contributed by atoms with Gasteiger partial charge < -0.3 is 24.2 Å². The third-order valence-corrected chi connectivity index (χ3v) is 5.91. The van der Waals surface area contributed by atoms with Crippen molar-refractivity contribution < 1.29 is 9.84 Å². The van der Waals surface area contributed by atoms with Gasteiger partial charge in [-0.2, -0.15) is 0 Å². The number of imidazole rings is 1. The summed E-state index contributed by atoms with van der Waals surface area (Å²) in [7, 11) is 2.18. The molecule has 2 aromatic rings. The van der Waals surface area contributed by atoms with Gasteiger partial charge in [0.2, 0.25) is 0 Å². The minimum absolute atomic E-state index is 0.0333. The van der Waals surface area contributed by atoms with Gasteiger partial charge in [0, 0.05) is 32.7 Å². The lowest BCUT2D eigenvalue weighted by Crippen LogP contribution is -2.56. The van der Waals surface area contributed by atoms with Gasteiger partial charge in [0.25, 0.3) is 0 Å². The quantitative estimate of drug-likeness (QED) is 0.898. The maximum atomic E-state index is 10.7. The van der Waals surface area contributed by atoms with Crippen LogP contribution < -0.4 is 0 Å². The number of benzene rings is 1. The molecule has 2 fully saturated rings. The zero-order valence-electron chi connectivity index (χ0n) is 15.9. The van der Waals surface area contributed by atoms with Crippen LogP contribution in [0.3, 0.4) is 0 Å². The van der Waals surface area contributed by atoms with E-state index < -0.39 is 6.10 Å². The number of aryl methyl sites for hydroxylation is 1. The second kappa shape index (κ2) is 7.27. The Hall–Kier alpha value is -1.47. The highest BCUT2D eigenvalue weighted by atomic mass is 16.5. The Labute approximate surface area is 155 Å². The molecule has 6 heteroatoms. The summed E-state index contributed by atoms with van der Waals surface area (Å²) in [5.41, 5.74) is 2.13. The van der Waals surface area contributed by atoms with E-state index in [4.69, 9.17) is 4.74 Å². The number of likely N-dealkylation sites (tertiary alicyclic amines) is 1. The Bertz CT molecular complexity index is 751. The summed E-state index contributed by atoms with van der Waals surface area (Å²) in [6.07, 6.45) is 1.71. The number of hydrogen-bond donors (Lipinski definition) is 1. The van der Waals surface area contributed by atoms with E-state index in [0.717, 1.165) is 62.5 Å². The molecule has 0 bridgehead atoms. The van der Waals surface area contributed by atoms with Crippen LogP contribution in [0.1, 0.15) is 18.7 Å². The number of nitrogens with zero attached hydrogens (tertiary/aromatic N) is 4. The summed E-state index contributed by atoms with van der Waals surface area (Å²) < 4.78 is 8.27. The van der Waals surface area contributed by atoms with Gasteiger partial charge in [0.15, 0.2) is 0 Å². The number of aromatic nitrogens is 2. The number of likely N-dealkylation sites (N-methyl/N-ethyl adjacent to an activating group) is 1. The van der Waals surface area contributed by atoms with Crippen LogP contribution in [0, 0.1) is 6.92 Å². The molecule has 26 heavy (non-hydrogen) atoms. The number of para-hydroxylation sites is 2. The predicted molar refractivity (Wildman–Crippen MR) is 102 cm³/mol. The van der Waals surface area contributed by atoms with Crippen LogP contribution in [0.4, 0.5) is 0 Å². The van der Waals surface area contributed by atoms with Crippen LogP contribution in [-0.2, 0) is 11.3 Å². The SMILES string of the molecule is Cc1nc2ccccc2n1CC(O)CN1CCC2(CC1)CN(C)CCO2. The van der Waals surface area contributed by atoms with Gasteiger partial charge in [0.1, 0.15) is 5.82 Å². The summed E-state index contributed by atoms with van der Waals surface area (Å²) in [6.45, 7) is 8.20. The topological polar surface area (TPSA) is 53.8 Å². The Morgan fingerprint density at radius 1 is 1.19 bits per heavy atom. The molecule has 3 heterocycles. The largest absolute Gasteiger partial charge is 0.390 e. The third kappa shape index (κ3) is 3.64. The molecule has 1 spiro atoms. The lowest BCUT2D eigenvalue weighted by Gasteiger charge is -2.46. The van der Waals surface area contributed by atoms with Crippen molar-refractivity contribution in [2.24, 2.45) is 0 Å². The first-order valence-electron chi connectivity index (χ1n) is 9.69. The first kappa shape index (κ1) is 17.9. The Balaban J connectivity index is 1.34. The monoisotopic (exact) mass is 358 g/mol. The molecule has 1 unspecified atom stereocenters. The summed E-state index contributed by atoms with van der Waals surface area (Å²) in [5.74, 6) is 0.960. The molecule has 1 aromatic heterocycles. The zero-order chi connectivity index (χ0) is 18.1. The molecule has 2 saturated heterocycles. The van der Waals surface area contributed by atoms with Crippen molar-refractivity contribution in [2.75, 3.05) is 46.4 Å². The van der Waals surface area contributed by atoms with E-state index in [2.05, 4.69) is 32.5 Å². The lowest BCUT2D eigenvalue weighted by atomic mass is 9.89. The van der Waals surface area contributed by atoms with Gasteiger partial charge in [-0.05, 0) is 38.9 Å². The van der Waals surface area contributed by atoms with E-state index in [-0.39, 0.29) is 5.60 Å². The summed E-state index contributed by atoms with van der Waals surface area (Å²) in [6, 6.07) is 8.13. The molecule has 6 nitrogen and oxygen atoms in total. The number of hydrogen-bond acceptors (Lipinski definition) is 5. The molecular formula is C20H30N4O2. The Kier molecular flexibility index (Phi) is 5.01. The number of fused-ring (bicyclic) bond motifs is 1. The van der Waals surface area contributed by atoms with Crippen molar-refractivity contribution >= 4 is 11.0 Å². The fraction of sp³-hybridized carbons (Fsp3) is 0.650. The summed E-state index contributed by atoms with van der Waals surface area (Å²) >= 11 is 0. The van der Waals surface area contributed by atoms with Crippen LogP contribution in [0.2, 0.25) is 0 Å². The maximum Gasteiger partial charge on any atom is 0.106 e. The van der Waals surface area contributed by atoms with Gasteiger partial charge in [-0.25, -0.2) is 4.98 Å². The van der Waals surface area contributed by atoms with E-state index >= 15 is 0 Å². The van der Waals surface area contributed by atoms with Crippen LogP contribution >= 0.6 is 0 Å². The highest BCUT2D eigenvalue weighted by Gasteiger charge is 2.38.